The number of hydrogen-bond donors (Lipinski definition) is 1. The first-order valence-electron chi connectivity index (χ1n) is 11.7. The van der Waals surface area contributed by atoms with E-state index in [2.05, 4.69) is 94.5 Å². The van der Waals surface area contributed by atoms with Gasteiger partial charge in [-0.25, -0.2) is 4.98 Å². The second-order valence-corrected chi connectivity index (χ2v) is 9.02. The van der Waals surface area contributed by atoms with Crippen LogP contribution in [-0.4, -0.2) is 46.5 Å². The summed E-state index contributed by atoms with van der Waals surface area (Å²) in [5, 5.41) is 3.52. The van der Waals surface area contributed by atoms with Crippen LogP contribution in [0.4, 0.5) is 0 Å². The van der Waals surface area contributed by atoms with E-state index < -0.39 is 0 Å². The molecule has 0 aliphatic heterocycles. The number of benzene rings is 1. The normalized spacial score (nSPS) is 13.7. The molecule has 168 valence electrons. The molecule has 1 N–H and O–H groups in total. The summed E-state index contributed by atoms with van der Waals surface area (Å²) in [6.45, 7) is 2.89. The zero-order valence-electron chi connectivity index (χ0n) is 19.5. The number of imidazole rings is 1. The van der Waals surface area contributed by atoms with Crippen LogP contribution in [-0.2, 0) is 6.54 Å². The van der Waals surface area contributed by atoms with E-state index in [0.29, 0.717) is 0 Å². The zero-order valence-corrected chi connectivity index (χ0v) is 19.5. The average molecular weight is 438 g/mol. The molecule has 0 radical (unpaired) electrons. The molecule has 0 unspecified atom stereocenters. The number of allylic oxidation sites excluding steroid dienone is 2. The standard InChI is InChI=1S/C28H31N5/c1-32(2)15-13-29-19-21-6-5-9-23(16-21)24-11-14-33-27(20-31-28(33)18-24)25-10-12-30-26(17-25)22-7-3-4-8-22/h5-7,9-12,14,16-18,20,29H,3-4,8,13,15,19H2,1-2H3. The van der Waals surface area contributed by atoms with Crippen LogP contribution in [0.3, 0.4) is 0 Å². The van der Waals surface area contributed by atoms with Gasteiger partial charge in [0.1, 0.15) is 5.65 Å². The van der Waals surface area contributed by atoms with Crippen molar-refractivity contribution < 1.29 is 0 Å². The van der Waals surface area contributed by atoms with E-state index in [-0.39, 0.29) is 0 Å². The lowest BCUT2D eigenvalue weighted by Crippen LogP contribution is -2.26. The van der Waals surface area contributed by atoms with Crippen molar-refractivity contribution in [2.24, 2.45) is 0 Å². The molecular formula is C28H31N5. The molecule has 0 amide bonds. The van der Waals surface area contributed by atoms with Crippen molar-refractivity contribution >= 4 is 11.2 Å². The second-order valence-electron chi connectivity index (χ2n) is 9.02. The summed E-state index contributed by atoms with van der Waals surface area (Å²) in [5.41, 5.74) is 9.35. The maximum Gasteiger partial charge on any atom is 0.137 e. The maximum atomic E-state index is 4.72. The molecule has 0 bridgehead atoms. The third kappa shape index (κ3) is 4.90. The van der Waals surface area contributed by atoms with Crippen molar-refractivity contribution in [1.82, 2.24) is 24.6 Å². The van der Waals surface area contributed by atoms with Crippen molar-refractivity contribution in [3.05, 3.63) is 84.5 Å². The maximum absolute atomic E-state index is 4.72. The van der Waals surface area contributed by atoms with Gasteiger partial charge in [-0.15, -0.1) is 0 Å². The van der Waals surface area contributed by atoms with Crippen molar-refractivity contribution in [1.29, 1.82) is 0 Å². The van der Waals surface area contributed by atoms with E-state index in [9.17, 15) is 0 Å². The van der Waals surface area contributed by atoms with Crippen LogP contribution in [0.2, 0.25) is 0 Å². The van der Waals surface area contributed by atoms with E-state index in [4.69, 9.17) is 4.98 Å². The Kier molecular flexibility index (Phi) is 6.33. The fourth-order valence-corrected chi connectivity index (χ4v) is 4.44. The lowest BCUT2D eigenvalue weighted by molar-refractivity contribution is 0.400. The zero-order chi connectivity index (χ0) is 22.6. The predicted octanol–water partition coefficient (Wildman–Crippen LogP) is 5.28. The number of fused-ring (bicyclic) bond motifs is 1. The highest BCUT2D eigenvalue weighted by Crippen LogP contribution is 2.30. The number of rotatable bonds is 8. The van der Waals surface area contributed by atoms with E-state index in [0.717, 1.165) is 55.1 Å². The molecule has 33 heavy (non-hydrogen) atoms. The molecule has 1 aliphatic rings. The number of pyridine rings is 2. The van der Waals surface area contributed by atoms with Crippen LogP contribution in [0.5, 0.6) is 0 Å². The summed E-state index contributed by atoms with van der Waals surface area (Å²) in [5.74, 6) is 0. The van der Waals surface area contributed by atoms with Crippen LogP contribution >= 0.6 is 0 Å². The minimum absolute atomic E-state index is 0.873. The average Bonchev–Trinajstić information content (AvgIpc) is 3.52. The second kappa shape index (κ2) is 9.69. The quantitative estimate of drug-likeness (QED) is 0.381. The van der Waals surface area contributed by atoms with Gasteiger partial charge in [0.15, 0.2) is 0 Å². The highest BCUT2D eigenvalue weighted by molar-refractivity contribution is 5.73. The van der Waals surface area contributed by atoms with Gasteiger partial charge in [-0.1, -0.05) is 24.3 Å². The Labute approximate surface area is 195 Å². The molecule has 3 aromatic heterocycles. The SMILES string of the molecule is CN(C)CCNCc1cccc(-c2ccn3c(-c4ccnc(C5=CCCC5)c4)cnc3c2)c1. The summed E-state index contributed by atoms with van der Waals surface area (Å²) in [4.78, 5) is 11.5. The monoisotopic (exact) mass is 437 g/mol. The lowest BCUT2D eigenvalue weighted by atomic mass is 10.0. The predicted molar refractivity (Wildman–Crippen MR) is 136 cm³/mol. The Morgan fingerprint density at radius 2 is 1.91 bits per heavy atom. The summed E-state index contributed by atoms with van der Waals surface area (Å²) in [7, 11) is 4.20. The first kappa shape index (κ1) is 21.6. The molecule has 1 aliphatic carbocycles. The molecule has 5 nitrogen and oxygen atoms in total. The first-order valence-corrected chi connectivity index (χ1v) is 11.7. The third-order valence-corrected chi connectivity index (χ3v) is 6.26. The van der Waals surface area contributed by atoms with Gasteiger partial charge in [0.05, 0.1) is 17.6 Å². The van der Waals surface area contributed by atoms with Gasteiger partial charge < -0.3 is 10.2 Å². The van der Waals surface area contributed by atoms with E-state index in [1.807, 2.05) is 12.4 Å². The van der Waals surface area contributed by atoms with E-state index in [1.54, 1.807) is 0 Å². The summed E-state index contributed by atoms with van der Waals surface area (Å²) >= 11 is 0. The molecule has 5 rings (SSSR count). The van der Waals surface area contributed by atoms with Gasteiger partial charge >= 0.3 is 0 Å². The number of nitrogens with one attached hydrogen (secondary N) is 1. The van der Waals surface area contributed by atoms with Gasteiger partial charge in [0, 0.05) is 37.6 Å². The fraction of sp³-hybridized carbons (Fsp3) is 0.286. The summed E-state index contributed by atoms with van der Waals surface area (Å²) in [6, 6.07) is 17.4. The Morgan fingerprint density at radius 1 is 1.00 bits per heavy atom. The van der Waals surface area contributed by atoms with Gasteiger partial charge in [0.2, 0.25) is 0 Å². The number of hydrogen-bond acceptors (Lipinski definition) is 4. The minimum atomic E-state index is 0.873. The van der Waals surface area contributed by atoms with Gasteiger partial charge in [-0.3, -0.25) is 9.38 Å². The van der Waals surface area contributed by atoms with E-state index in [1.165, 1.54) is 28.7 Å². The van der Waals surface area contributed by atoms with Crippen LogP contribution in [0.15, 0.2) is 73.2 Å². The van der Waals surface area contributed by atoms with Gasteiger partial charge in [-0.05, 0) is 86.0 Å². The molecule has 0 saturated carbocycles. The Hall–Kier alpha value is -3.28. The molecule has 4 aromatic rings. The molecule has 1 aromatic carbocycles. The molecule has 5 heteroatoms. The van der Waals surface area contributed by atoms with Crippen LogP contribution in [0.1, 0.15) is 30.5 Å². The lowest BCUT2D eigenvalue weighted by Gasteiger charge is -2.11. The Balaban J connectivity index is 1.38. The number of nitrogens with zero attached hydrogens (tertiary/aromatic N) is 4. The fourth-order valence-electron chi connectivity index (χ4n) is 4.44. The highest BCUT2D eigenvalue weighted by Gasteiger charge is 2.12. The van der Waals surface area contributed by atoms with Gasteiger partial charge in [-0.2, -0.15) is 0 Å². The molecule has 0 saturated heterocycles. The van der Waals surface area contributed by atoms with Crippen molar-refractivity contribution in [2.45, 2.75) is 25.8 Å². The first-order chi connectivity index (χ1) is 16.2. The topological polar surface area (TPSA) is 45.5 Å². The Bertz CT molecular complexity index is 1280. The molecule has 0 fully saturated rings. The number of aromatic nitrogens is 3. The largest absolute Gasteiger partial charge is 0.311 e. The molecule has 0 spiro atoms. The van der Waals surface area contributed by atoms with Gasteiger partial charge in [0.25, 0.3) is 0 Å². The molecule has 0 atom stereocenters. The van der Waals surface area contributed by atoms with Crippen molar-refractivity contribution in [2.75, 3.05) is 27.2 Å². The highest BCUT2D eigenvalue weighted by atomic mass is 15.1. The van der Waals surface area contributed by atoms with Crippen LogP contribution in [0, 0.1) is 0 Å². The summed E-state index contributed by atoms with van der Waals surface area (Å²) in [6.07, 6.45) is 11.8. The van der Waals surface area contributed by atoms with Crippen molar-refractivity contribution in [3.8, 4) is 22.4 Å². The smallest absolute Gasteiger partial charge is 0.137 e. The molecular weight excluding hydrogens is 406 g/mol. The van der Waals surface area contributed by atoms with Crippen molar-refractivity contribution in [3.63, 3.8) is 0 Å². The Morgan fingerprint density at radius 3 is 2.76 bits per heavy atom. The van der Waals surface area contributed by atoms with Crippen LogP contribution < -0.4 is 5.32 Å². The minimum Gasteiger partial charge on any atom is -0.311 e. The van der Waals surface area contributed by atoms with Crippen LogP contribution in [0.25, 0.3) is 33.6 Å². The number of likely N-dealkylation sites (N-methyl/N-ethyl adjacent to an activating group) is 1. The molecule has 3 heterocycles. The third-order valence-electron chi connectivity index (χ3n) is 6.26. The van der Waals surface area contributed by atoms with E-state index >= 15 is 0 Å². The summed E-state index contributed by atoms with van der Waals surface area (Å²) < 4.78 is 2.16.